The lowest BCUT2D eigenvalue weighted by Crippen LogP contribution is -2.51. The van der Waals surface area contributed by atoms with Gasteiger partial charge in [-0.2, -0.15) is 31.6 Å². The van der Waals surface area contributed by atoms with Crippen molar-refractivity contribution in [1.82, 2.24) is 5.32 Å². The lowest BCUT2D eigenvalue weighted by atomic mass is 9.87. The fourth-order valence-electron chi connectivity index (χ4n) is 3.17. The minimum absolute atomic E-state index is 0.367. The molecule has 1 fully saturated rings. The second kappa shape index (κ2) is 9.57. The molecule has 34 heavy (non-hydrogen) atoms. The van der Waals surface area contributed by atoms with Crippen molar-refractivity contribution in [2.75, 3.05) is 18.1 Å². The van der Waals surface area contributed by atoms with E-state index in [0.29, 0.717) is 11.0 Å². The molecule has 0 saturated carbocycles. The van der Waals surface area contributed by atoms with Gasteiger partial charge in [-0.15, -0.1) is 0 Å². The van der Waals surface area contributed by atoms with Crippen LogP contribution in [0.2, 0.25) is 0 Å². The summed E-state index contributed by atoms with van der Waals surface area (Å²) in [6, 6.07) is 2.54. The molecule has 0 radical (unpaired) electrons. The molecule has 1 aromatic carbocycles. The van der Waals surface area contributed by atoms with E-state index in [-0.39, 0.29) is 6.61 Å². The lowest BCUT2D eigenvalue weighted by Gasteiger charge is -2.31. The molecular weight excluding hydrogens is 474 g/mol. The van der Waals surface area contributed by atoms with Crippen molar-refractivity contribution in [3.05, 3.63) is 29.3 Å². The Kier molecular flexibility index (Phi) is 7.61. The Hall–Kier alpha value is -3.21. The van der Waals surface area contributed by atoms with Gasteiger partial charge in [-0.05, 0) is 23.6 Å². The molecular formula is C20H22F6N4O4. The van der Waals surface area contributed by atoms with Crippen LogP contribution in [0.3, 0.4) is 0 Å². The number of hydrogen-bond donors (Lipinski definition) is 2. The van der Waals surface area contributed by atoms with Crippen LogP contribution in [0.25, 0.3) is 0 Å². The van der Waals surface area contributed by atoms with Crippen LogP contribution in [0.15, 0.2) is 18.2 Å². The molecule has 2 rings (SSSR count). The standard InChI is InChI=1S/C20H22F6N4O4/c1-18(2,3)14(9-33-17(28)32)29-15(31)13-8-30(16(34-13)20(24,25)26)11-5-4-10(7-27)12(6-11)19(21,22)23/h4-6,13-14,16H,8-9H2,1-3H3,(H2,28,32)(H,29,31)/t13-,14?,16+/m0/s1. The highest BCUT2D eigenvalue weighted by molar-refractivity contribution is 5.82. The van der Waals surface area contributed by atoms with Crippen LogP contribution in [0.5, 0.6) is 0 Å². The minimum atomic E-state index is -5.06. The summed E-state index contributed by atoms with van der Waals surface area (Å²) in [6.07, 6.45) is -15.6. The number of halogens is 6. The maximum atomic E-state index is 13.6. The third kappa shape index (κ3) is 6.43. The van der Waals surface area contributed by atoms with Gasteiger partial charge in [0.25, 0.3) is 5.91 Å². The van der Waals surface area contributed by atoms with Gasteiger partial charge >= 0.3 is 18.4 Å². The SMILES string of the molecule is CC(C)(C)C(COC(N)=O)NC(=O)[C@@H]1CN(c2ccc(C#N)c(C(F)(F)F)c2)[C@@H](C(F)(F)F)O1. The molecule has 14 heteroatoms. The van der Waals surface area contributed by atoms with Gasteiger partial charge in [0.1, 0.15) is 6.61 Å². The number of anilines is 1. The molecule has 0 bridgehead atoms. The Morgan fingerprint density at radius 3 is 2.35 bits per heavy atom. The first kappa shape index (κ1) is 27.0. The first-order valence-electron chi connectivity index (χ1n) is 9.78. The molecule has 1 aromatic rings. The molecule has 2 amide bonds. The highest BCUT2D eigenvalue weighted by Gasteiger charge is 2.53. The van der Waals surface area contributed by atoms with Crippen molar-refractivity contribution in [2.24, 2.45) is 11.1 Å². The van der Waals surface area contributed by atoms with Crippen molar-refractivity contribution in [3.63, 3.8) is 0 Å². The number of nitrogens with one attached hydrogen (secondary N) is 1. The first-order chi connectivity index (χ1) is 15.4. The molecule has 0 aromatic heterocycles. The number of nitrogens with two attached hydrogens (primary N) is 1. The quantitative estimate of drug-likeness (QED) is 0.605. The summed E-state index contributed by atoms with van der Waals surface area (Å²) in [4.78, 5) is 24.1. The smallest absolute Gasteiger partial charge is 0.433 e. The predicted molar refractivity (Wildman–Crippen MR) is 105 cm³/mol. The number of carbonyl (C=O) groups excluding carboxylic acids is 2. The van der Waals surface area contributed by atoms with E-state index in [0.717, 1.165) is 12.1 Å². The topological polar surface area (TPSA) is 118 Å². The first-order valence-corrected chi connectivity index (χ1v) is 9.78. The van der Waals surface area contributed by atoms with E-state index in [1.165, 1.54) is 6.07 Å². The van der Waals surface area contributed by atoms with Crippen LogP contribution >= 0.6 is 0 Å². The van der Waals surface area contributed by atoms with Crippen LogP contribution in [0.1, 0.15) is 31.9 Å². The van der Waals surface area contributed by atoms with E-state index in [1.807, 2.05) is 0 Å². The molecule has 3 N–H and O–H groups in total. The Labute approximate surface area is 190 Å². The average Bonchev–Trinajstić information content (AvgIpc) is 3.15. The fourth-order valence-corrected chi connectivity index (χ4v) is 3.17. The third-order valence-corrected chi connectivity index (χ3v) is 5.03. The van der Waals surface area contributed by atoms with Gasteiger partial charge in [-0.1, -0.05) is 20.8 Å². The lowest BCUT2D eigenvalue weighted by molar-refractivity contribution is -0.213. The van der Waals surface area contributed by atoms with Crippen LogP contribution in [0.4, 0.5) is 36.8 Å². The molecule has 8 nitrogen and oxygen atoms in total. The van der Waals surface area contributed by atoms with E-state index >= 15 is 0 Å². The minimum Gasteiger partial charge on any atom is -0.448 e. The molecule has 0 spiro atoms. The third-order valence-electron chi connectivity index (χ3n) is 5.03. The monoisotopic (exact) mass is 496 g/mol. The number of rotatable bonds is 5. The van der Waals surface area contributed by atoms with Crippen molar-refractivity contribution < 1.29 is 45.4 Å². The number of nitriles is 1. The zero-order valence-electron chi connectivity index (χ0n) is 18.3. The number of benzene rings is 1. The van der Waals surface area contributed by atoms with E-state index in [1.54, 1.807) is 20.8 Å². The summed E-state index contributed by atoms with van der Waals surface area (Å²) in [5.74, 6) is -0.991. The van der Waals surface area contributed by atoms with Gasteiger partial charge in [0.15, 0.2) is 6.10 Å². The van der Waals surface area contributed by atoms with Crippen molar-refractivity contribution in [3.8, 4) is 6.07 Å². The largest absolute Gasteiger partial charge is 0.448 e. The highest BCUT2D eigenvalue weighted by Crippen LogP contribution is 2.39. The molecule has 1 heterocycles. The van der Waals surface area contributed by atoms with E-state index in [9.17, 15) is 35.9 Å². The van der Waals surface area contributed by atoms with E-state index in [2.05, 4.69) is 10.1 Å². The summed E-state index contributed by atoms with van der Waals surface area (Å²) >= 11 is 0. The van der Waals surface area contributed by atoms with E-state index < -0.39 is 71.5 Å². The van der Waals surface area contributed by atoms with Crippen molar-refractivity contribution in [2.45, 2.75) is 51.5 Å². The van der Waals surface area contributed by atoms with Gasteiger partial charge in [-0.25, -0.2) is 4.79 Å². The van der Waals surface area contributed by atoms with Crippen molar-refractivity contribution in [1.29, 1.82) is 5.26 Å². The van der Waals surface area contributed by atoms with Gasteiger partial charge in [-0.3, -0.25) is 4.79 Å². The Morgan fingerprint density at radius 1 is 1.26 bits per heavy atom. The second-order valence-corrected chi connectivity index (χ2v) is 8.57. The maximum absolute atomic E-state index is 13.6. The summed E-state index contributed by atoms with van der Waals surface area (Å²) in [5.41, 5.74) is 1.49. The molecule has 3 atom stereocenters. The van der Waals surface area contributed by atoms with Gasteiger partial charge in [0.2, 0.25) is 6.23 Å². The highest BCUT2D eigenvalue weighted by atomic mass is 19.4. The molecule has 1 unspecified atom stereocenters. The molecule has 1 aliphatic rings. The van der Waals surface area contributed by atoms with Crippen LogP contribution in [-0.4, -0.2) is 49.7 Å². The van der Waals surface area contributed by atoms with Crippen LogP contribution < -0.4 is 16.0 Å². The number of nitrogens with zero attached hydrogens (tertiary/aromatic N) is 2. The summed E-state index contributed by atoms with van der Waals surface area (Å²) < 4.78 is 90.3. The maximum Gasteiger partial charge on any atom is 0.433 e. The van der Waals surface area contributed by atoms with Gasteiger partial charge in [0, 0.05) is 5.69 Å². The Bertz CT molecular complexity index is 968. The summed E-state index contributed by atoms with van der Waals surface area (Å²) in [7, 11) is 0. The van der Waals surface area contributed by atoms with Crippen LogP contribution in [-0.2, 0) is 20.4 Å². The summed E-state index contributed by atoms with van der Waals surface area (Å²) in [6.45, 7) is 3.90. The normalized spacial score (nSPS) is 19.9. The van der Waals surface area contributed by atoms with Gasteiger partial charge < -0.3 is 25.4 Å². The second-order valence-electron chi connectivity index (χ2n) is 8.57. The van der Waals surface area contributed by atoms with Gasteiger partial charge in [0.05, 0.1) is 29.8 Å². The fraction of sp³-hybridized carbons (Fsp3) is 0.550. The number of carbonyl (C=O) groups is 2. The summed E-state index contributed by atoms with van der Waals surface area (Å²) in [5, 5.41) is 11.3. The average molecular weight is 496 g/mol. The predicted octanol–water partition coefficient (Wildman–Crippen LogP) is 3.30. The number of hydrogen-bond acceptors (Lipinski definition) is 6. The Morgan fingerprint density at radius 2 is 1.88 bits per heavy atom. The molecule has 188 valence electrons. The molecule has 0 aliphatic carbocycles. The van der Waals surface area contributed by atoms with Crippen molar-refractivity contribution >= 4 is 17.7 Å². The number of primary amides is 1. The molecule has 1 saturated heterocycles. The molecule has 1 aliphatic heterocycles. The zero-order chi connectivity index (χ0) is 26.1. The number of amides is 2. The van der Waals surface area contributed by atoms with E-state index in [4.69, 9.17) is 15.7 Å². The van der Waals surface area contributed by atoms with Crippen LogP contribution in [0, 0.1) is 16.7 Å². The number of alkyl halides is 6. The zero-order valence-corrected chi connectivity index (χ0v) is 18.3. The Balaban J connectivity index is 2.34. The number of ether oxygens (including phenoxy) is 2.